The quantitative estimate of drug-likeness (QED) is 0.766. The van der Waals surface area contributed by atoms with Crippen LogP contribution in [0.15, 0.2) is 5.16 Å². The molecule has 1 aliphatic heterocycles. The Morgan fingerprint density at radius 1 is 1.47 bits per heavy atom. The largest absolute Gasteiger partial charge is 0.306 e. The van der Waals surface area contributed by atoms with Crippen LogP contribution in [0.3, 0.4) is 0 Å². The molecule has 1 aromatic rings. The van der Waals surface area contributed by atoms with Crippen LogP contribution in [0.5, 0.6) is 0 Å². The van der Waals surface area contributed by atoms with Crippen LogP contribution in [0.4, 0.5) is 0 Å². The first-order valence-corrected chi connectivity index (χ1v) is 7.24. The molecule has 0 bridgehead atoms. The molecule has 5 nitrogen and oxygen atoms in total. The number of thioether (sulfide) groups is 1. The van der Waals surface area contributed by atoms with Crippen molar-refractivity contribution in [3.8, 4) is 0 Å². The Labute approximate surface area is 107 Å². The van der Waals surface area contributed by atoms with Gasteiger partial charge in [-0.05, 0) is 56.6 Å². The predicted molar refractivity (Wildman–Crippen MR) is 69.1 cm³/mol. The zero-order chi connectivity index (χ0) is 12.3. The van der Waals surface area contributed by atoms with E-state index >= 15 is 0 Å². The Balaban J connectivity index is 1.86. The summed E-state index contributed by atoms with van der Waals surface area (Å²) >= 11 is 1.79. The minimum atomic E-state index is 0.335. The molecule has 1 aliphatic rings. The summed E-state index contributed by atoms with van der Waals surface area (Å²) in [4.78, 5) is 2.42. The first-order valence-electron chi connectivity index (χ1n) is 6.26. The van der Waals surface area contributed by atoms with Gasteiger partial charge < -0.3 is 4.90 Å². The van der Waals surface area contributed by atoms with E-state index in [2.05, 4.69) is 41.3 Å². The molecule has 0 radical (unpaired) electrons. The lowest BCUT2D eigenvalue weighted by atomic mass is 10.0. The second kappa shape index (κ2) is 5.82. The average Bonchev–Trinajstić information content (AvgIpc) is 2.74. The molecule has 17 heavy (non-hydrogen) atoms. The molecule has 0 amide bonds. The molecule has 2 rings (SSSR count). The van der Waals surface area contributed by atoms with Gasteiger partial charge in [0.2, 0.25) is 5.16 Å². The summed E-state index contributed by atoms with van der Waals surface area (Å²) in [6, 6.07) is 0.335. The molecule has 0 aromatic carbocycles. The number of hydrogen-bond donors (Lipinski definition) is 0. The SMILES string of the molecule is CC(C)n1nnnc1SC[C@@H]1CCCN(C)C1. The molecule has 1 saturated heterocycles. The summed E-state index contributed by atoms with van der Waals surface area (Å²) in [5.74, 6) is 1.90. The monoisotopic (exact) mass is 255 g/mol. The highest BCUT2D eigenvalue weighted by molar-refractivity contribution is 7.99. The normalized spacial score (nSPS) is 22.2. The molecular weight excluding hydrogens is 234 g/mol. The number of tetrazole rings is 1. The molecule has 1 aromatic heterocycles. The minimum Gasteiger partial charge on any atom is -0.306 e. The standard InChI is InChI=1S/C11H21N5S/c1-9(2)16-11(12-13-14-16)17-8-10-5-4-6-15(3)7-10/h9-10H,4-8H2,1-3H3/t10-/m1/s1. The van der Waals surface area contributed by atoms with Gasteiger partial charge in [0.15, 0.2) is 0 Å². The van der Waals surface area contributed by atoms with E-state index in [0.29, 0.717) is 6.04 Å². The number of nitrogens with zero attached hydrogens (tertiary/aromatic N) is 5. The van der Waals surface area contributed by atoms with E-state index in [1.54, 1.807) is 11.8 Å². The Morgan fingerprint density at radius 2 is 2.29 bits per heavy atom. The highest BCUT2D eigenvalue weighted by Gasteiger charge is 2.19. The lowest BCUT2D eigenvalue weighted by Gasteiger charge is -2.29. The molecule has 0 spiro atoms. The number of likely N-dealkylation sites (tertiary alicyclic amines) is 1. The van der Waals surface area contributed by atoms with Crippen molar-refractivity contribution in [3.05, 3.63) is 0 Å². The third-order valence-electron chi connectivity index (χ3n) is 3.12. The van der Waals surface area contributed by atoms with Crippen molar-refractivity contribution in [2.24, 2.45) is 5.92 Å². The van der Waals surface area contributed by atoms with E-state index in [1.165, 1.54) is 25.9 Å². The van der Waals surface area contributed by atoms with Gasteiger partial charge in [-0.25, -0.2) is 4.68 Å². The van der Waals surface area contributed by atoms with Gasteiger partial charge in [-0.2, -0.15) is 0 Å². The first-order chi connectivity index (χ1) is 8.16. The average molecular weight is 255 g/mol. The molecule has 0 unspecified atom stereocenters. The molecule has 1 fully saturated rings. The van der Waals surface area contributed by atoms with Crippen LogP contribution in [0.1, 0.15) is 32.7 Å². The molecule has 1 atom stereocenters. The highest BCUT2D eigenvalue weighted by Crippen LogP contribution is 2.24. The Kier molecular flexibility index (Phi) is 4.39. The van der Waals surface area contributed by atoms with Crippen molar-refractivity contribution in [3.63, 3.8) is 0 Å². The van der Waals surface area contributed by atoms with Crippen LogP contribution < -0.4 is 0 Å². The van der Waals surface area contributed by atoms with Gasteiger partial charge in [-0.15, -0.1) is 5.10 Å². The van der Waals surface area contributed by atoms with Crippen LogP contribution in [-0.4, -0.2) is 51.0 Å². The minimum absolute atomic E-state index is 0.335. The van der Waals surface area contributed by atoms with Crippen molar-refractivity contribution in [1.82, 2.24) is 25.1 Å². The van der Waals surface area contributed by atoms with Crippen molar-refractivity contribution in [2.45, 2.75) is 37.9 Å². The van der Waals surface area contributed by atoms with Gasteiger partial charge >= 0.3 is 0 Å². The number of aromatic nitrogens is 4. The van der Waals surface area contributed by atoms with E-state index in [0.717, 1.165) is 16.8 Å². The molecule has 6 heteroatoms. The van der Waals surface area contributed by atoms with Gasteiger partial charge in [-0.3, -0.25) is 0 Å². The van der Waals surface area contributed by atoms with Crippen LogP contribution in [0.25, 0.3) is 0 Å². The van der Waals surface area contributed by atoms with Crippen LogP contribution in [-0.2, 0) is 0 Å². The molecule has 96 valence electrons. The predicted octanol–water partition coefficient (Wildman–Crippen LogP) is 1.69. The number of rotatable bonds is 4. The van der Waals surface area contributed by atoms with Crippen molar-refractivity contribution in [1.29, 1.82) is 0 Å². The second-order valence-corrected chi connectivity index (χ2v) is 6.07. The van der Waals surface area contributed by atoms with Crippen LogP contribution >= 0.6 is 11.8 Å². The maximum absolute atomic E-state index is 4.09. The van der Waals surface area contributed by atoms with Gasteiger partial charge in [0.1, 0.15) is 0 Å². The molecular formula is C11H21N5S. The van der Waals surface area contributed by atoms with Gasteiger partial charge in [0, 0.05) is 12.3 Å². The smallest absolute Gasteiger partial charge is 0.209 e. The molecule has 0 N–H and O–H groups in total. The third-order valence-corrected chi connectivity index (χ3v) is 4.29. The highest BCUT2D eigenvalue weighted by atomic mass is 32.2. The van der Waals surface area contributed by atoms with E-state index < -0.39 is 0 Å². The second-order valence-electron chi connectivity index (χ2n) is 5.08. The van der Waals surface area contributed by atoms with Crippen molar-refractivity contribution >= 4 is 11.8 Å². The summed E-state index contributed by atoms with van der Waals surface area (Å²) < 4.78 is 1.90. The van der Waals surface area contributed by atoms with Crippen LogP contribution in [0.2, 0.25) is 0 Å². The number of piperidine rings is 1. The summed E-state index contributed by atoms with van der Waals surface area (Å²) in [5.41, 5.74) is 0. The van der Waals surface area contributed by atoms with Crippen LogP contribution in [0, 0.1) is 5.92 Å². The first kappa shape index (κ1) is 12.8. The summed E-state index contributed by atoms with van der Waals surface area (Å²) in [6.45, 7) is 6.66. The van der Waals surface area contributed by atoms with Gasteiger partial charge in [-0.1, -0.05) is 11.8 Å². The van der Waals surface area contributed by atoms with Gasteiger partial charge in [0.25, 0.3) is 0 Å². The third kappa shape index (κ3) is 3.42. The van der Waals surface area contributed by atoms with E-state index in [1.807, 2.05) is 4.68 Å². The maximum atomic E-state index is 4.09. The van der Waals surface area contributed by atoms with Crippen molar-refractivity contribution in [2.75, 3.05) is 25.9 Å². The summed E-state index contributed by atoms with van der Waals surface area (Å²) in [5, 5.41) is 12.8. The van der Waals surface area contributed by atoms with Gasteiger partial charge in [0.05, 0.1) is 6.04 Å². The fourth-order valence-corrected chi connectivity index (χ4v) is 3.34. The van der Waals surface area contributed by atoms with Crippen molar-refractivity contribution < 1.29 is 0 Å². The van der Waals surface area contributed by atoms with E-state index in [4.69, 9.17) is 0 Å². The summed E-state index contributed by atoms with van der Waals surface area (Å²) in [6.07, 6.45) is 2.65. The topological polar surface area (TPSA) is 46.8 Å². The molecule has 0 saturated carbocycles. The summed E-state index contributed by atoms with van der Waals surface area (Å²) in [7, 11) is 2.20. The Bertz CT molecular complexity index is 351. The lowest BCUT2D eigenvalue weighted by Crippen LogP contribution is -2.33. The fourth-order valence-electron chi connectivity index (χ4n) is 2.21. The Hall–Kier alpha value is -0.620. The Morgan fingerprint density at radius 3 is 3.00 bits per heavy atom. The number of hydrogen-bond acceptors (Lipinski definition) is 5. The fraction of sp³-hybridized carbons (Fsp3) is 0.909. The van der Waals surface area contributed by atoms with E-state index in [-0.39, 0.29) is 0 Å². The molecule has 2 heterocycles. The maximum Gasteiger partial charge on any atom is 0.209 e. The zero-order valence-corrected chi connectivity index (χ0v) is 11.7. The zero-order valence-electron chi connectivity index (χ0n) is 10.8. The molecule has 0 aliphatic carbocycles. The van der Waals surface area contributed by atoms with E-state index in [9.17, 15) is 0 Å². The lowest BCUT2D eigenvalue weighted by molar-refractivity contribution is 0.224.